The zero-order valence-corrected chi connectivity index (χ0v) is 16.7. The molecule has 6 heteroatoms. The number of carbonyl (C=O) groups excluding carboxylic acids is 1. The zero-order valence-electron chi connectivity index (χ0n) is 16.7. The Morgan fingerprint density at radius 1 is 1.19 bits per heavy atom. The zero-order chi connectivity index (χ0) is 19.2. The molecule has 0 saturated carbocycles. The van der Waals surface area contributed by atoms with E-state index in [2.05, 4.69) is 29.0 Å². The van der Waals surface area contributed by atoms with Gasteiger partial charge in [-0.15, -0.1) is 0 Å². The predicted molar refractivity (Wildman–Crippen MR) is 108 cm³/mol. The number of hydrogen-bond acceptors (Lipinski definition) is 4. The van der Waals surface area contributed by atoms with Gasteiger partial charge >= 0.3 is 0 Å². The van der Waals surface area contributed by atoms with E-state index in [1.165, 1.54) is 6.07 Å². The van der Waals surface area contributed by atoms with E-state index in [-0.39, 0.29) is 17.8 Å². The largest absolute Gasteiger partial charge is 0.367 e. The molecule has 150 valence electrons. The number of rotatable bonds is 6. The maximum Gasteiger partial charge on any atom is 0.254 e. The van der Waals surface area contributed by atoms with Gasteiger partial charge in [-0.2, -0.15) is 0 Å². The van der Waals surface area contributed by atoms with Crippen LogP contribution in [0, 0.1) is 5.82 Å². The molecular weight excluding hydrogens is 343 g/mol. The second-order valence-corrected chi connectivity index (χ2v) is 7.57. The summed E-state index contributed by atoms with van der Waals surface area (Å²) in [6.07, 6.45) is 2.85. The number of anilines is 1. The first-order valence-corrected chi connectivity index (χ1v) is 10.4. The molecule has 2 saturated heterocycles. The molecule has 0 radical (unpaired) electrons. The molecule has 0 aromatic heterocycles. The first-order valence-electron chi connectivity index (χ1n) is 10.4. The van der Waals surface area contributed by atoms with E-state index < -0.39 is 0 Å². The molecule has 2 aliphatic heterocycles. The van der Waals surface area contributed by atoms with Crippen LogP contribution < -0.4 is 10.2 Å². The SMILES string of the molecule is CCCN(C(=O)c1ccc(N2CCN(CC)CC2)c(F)c1)C1CCNCC1. The minimum Gasteiger partial charge on any atom is -0.367 e. The van der Waals surface area contributed by atoms with E-state index in [1.54, 1.807) is 12.1 Å². The van der Waals surface area contributed by atoms with Crippen molar-refractivity contribution in [1.29, 1.82) is 0 Å². The van der Waals surface area contributed by atoms with Crippen molar-refractivity contribution in [1.82, 2.24) is 15.1 Å². The highest BCUT2D eigenvalue weighted by atomic mass is 19.1. The molecular formula is C21H33FN4O. The normalized spacial score (nSPS) is 19.3. The van der Waals surface area contributed by atoms with Crippen LogP contribution in [0.5, 0.6) is 0 Å². The van der Waals surface area contributed by atoms with Gasteiger partial charge in [-0.25, -0.2) is 4.39 Å². The fourth-order valence-corrected chi connectivity index (χ4v) is 4.18. The summed E-state index contributed by atoms with van der Waals surface area (Å²) < 4.78 is 14.8. The molecule has 27 heavy (non-hydrogen) atoms. The van der Waals surface area contributed by atoms with Crippen LogP contribution in [0.4, 0.5) is 10.1 Å². The van der Waals surface area contributed by atoms with E-state index in [9.17, 15) is 9.18 Å². The van der Waals surface area contributed by atoms with Gasteiger partial charge in [0.15, 0.2) is 0 Å². The van der Waals surface area contributed by atoms with Crippen molar-refractivity contribution in [3.05, 3.63) is 29.6 Å². The molecule has 1 amide bonds. The lowest BCUT2D eigenvalue weighted by molar-refractivity contribution is 0.0642. The average Bonchev–Trinajstić information content (AvgIpc) is 2.72. The Balaban J connectivity index is 1.72. The lowest BCUT2D eigenvalue weighted by Gasteiger charge is -2.36. The standard InChI is InChI=1S/C21H33FN4O/c1-3-11-26(18-7-9-23-10-8-18)21(27)17-5-6-20(19(22)16-17)25-14-12-24(4-2)13-15-25/h5-6,16,18,23H,3-4,7-15H2,1-2H3. The molecule has 1 N–H and O–H groups in total. The highest BCUT2D eigenvalue weighted by molar-refractivity contribution is 5.95. The second kappa shape index (κ2) is 9.51. The monoisotopic (exact) mass is 376 g/mol. The van der Waals surface area contributed by atoms with Crippen molar-refractivity contribution >= 4 is 11.6 Å². The van der Waals surface area contributed by atoms with Crippen LogP contribution in [-0.4, -0.2) is 74.1 Å². The summed E-state index contributed by atoms with van der Waals surface area (Å²) in [5, 5.41) is 3.34. The van der Waals surface area contributed by atoms with E-state index in [0.717, 1.165) is 71.6 Å². The van der Waals surface area contributed by atoms with E-state index >= 15 is 0 Å². The quantitative estimate of drug-likeness (QED) is 0.828. The highest BCUT2D eigenvalue weighted by Gasteiger charge is 2.26. The molecule has 2 heterocycles. The Morgan fingerprint density at radius 3 is 2.48 bits per heavy atom. The molecule has 5 nitrogen and oxygen atoms in total. The molecule has 0 unspecified atom stereocenters. The van der Waals surface area contributed by atoms with Crippen molar-refractivity contribution in [2.45, 2.75) is 39.2 Å². The number of likely N-dealkylation sites (N-methyl/N-ethyl adjacent to an activating group) is 1. The van der Waals surface area contributed by atoms with Gasteiger partial charge in [-0.05, 0) is 57.1 Å². The summed E-state index contributed by atoms with van der Waals surface area (Å²) in [6, 6.07) is 5.28. The molecule has 0 spiro atoms. The number of carbonyl (C=O) groups is 1. The summed E-state index contributed by atoms with van der Waals surface area (Å²) in [5.41, 5.74) is 1.08. The van der Waals surface area contributed by atoms with Crippen LogP contribution in [0.25, 0.3) is 0 Å². The Morgan fingerprint density at radius 2 is 1.89 bits per heavy atom. The highest BCUT2D eigenvalue weighted by Crippen LogP contribution is 2.24. The average molecular weight is 377 g/mol. The van der Waals surface area contributed by atoms with Gasteiger partial charge in [0, 0.05) is 44.3 Å². The van der Waals surface area contributed by atoms with Crippen molar-refractivity contribution in [2.24, 2.45) is 0 Å². The van der Waals surface area contributed by atoms with Crippen molar-refractivity contribution in [3.8, 4) is 0 Å². The summed E-state index contributed by atoms with van der Waals surface area (Å²) >= 11 is 0. The van der Waals surface area contributed by atoms with Gasteiger partial charge in [0.25, 0.3) is 5.91 Å². The maximum absolute atomic E-state index is 14.8. The first kappa shape index (κ1) is 20.1. The van der Waals surface area contributed by atoms with Crippen molar-refractivity contribution in [2.75, 3.05) is 57.3 Å². The van der Waals surface area contributed by atoms with Crippen LogP contribution in [0.3, 0.4) is 0 Å². The van der Waals surface area contributed by atoms with Crippen LogP contribution in [0.2, 0.25) is 0 Å². The van der Waals surface area contributed by atoms with E-state index in [1.807, 2.05) is 4.90 Å². The molecule has 0 aliphatic carbocycles. The summed E-state index contributed by atoms with van der Waals surface area (Å²) in [6.45, 7) is 11.4. The van der Waals surface area contributed by atoms with Gasteiger partial charge < -0.3 is 20.0 Å². The molecule has 0 atom stereocenters. The van der Waals surface area contributed by atoms with Gasteiger partial charge in [0.2, 0.25) is 0 Å². The first-order chi connectivity index (χ1) is 13.1. The lowest BCUT2D eigenvalue weighted by Crippen LogP contribution is -2.47. The fourth-order valence-electron chi connectivity index (χ4n) is 4.18. The third-order valence-corrected chi connectivity index (χ3v) is 5.83. The van der Waals surface area contributed by atoms with Crippen LogP contribution in [0.15, 0.2) is 18.2 Å². The molecule has 2 fully saturated rings. The molecule has 0 bridgehead atoms. The van der Waals surface area contributed by atoms with E-state index in [4.69, 9.17) is 0 Å². The van der Waals surface area contributed by atoms with Gasteiger partial charge in [0.05, 0.1) is 5.69 Å². The molecule has 1 aromatic rings. The molecule has 1 aromatic carbocycles. The van der Waals surface area contributed by atoms with Gasteiger partial charge in [0.1, 0.15) is 5.82 Å². The molecule has 2 aliphatic rings. The fraction of sp³-hybridized carbons (Fsp3) is 0.667. The van der Waals surface area contributed by atoms with Gasteiger partial charge in [-0.3, -0.25) is 4.79 Å². The Kier molecular flexibility index (Phi) is 7.07. The number of halogens is 1. The summed E-state index contributed by atoms with van der Waals surface area (Å²) in [5.74, 6) is -0.322. The number of nitrogens with zero attached hydrogens (tertiary/aromatic N) is 3. The van der Waals surface area contributed by atoms with Crippen LogP contribution >= 0.6 is 0 Å². The third kappa shape index (κ3) is 4.79. The number of benzene rings is 1. The summed E-state index contributed by atoms with van der Waals surface area (Å²) in [7, 11) is 0. The smallest absolute Gasteiger partial charge is 0.254 e. The Hall–Kier alpha value is -1.66. The predicted octanol–water partition coefficient (Wildman–Crippen LogP) is 2.57. The number of piperazine rings is 1. The number of piperidine rings is 1. The van der Waals surface area contributed by atoms with Crippen LogP contribution in [-0.2, 0) is 0 Å². The van der Waals surface area contributed by atoms with Crippen molar-refractivity contribution in [3.63, 3.8) is 0 Å². The lowest BCUT2D eigenvalue weighted by atomic mass is 10.0. The Labute approximate surface area is 162 Å². The number of nitrogens with one attached hydrogen (secondary N) is 1. The molecule has 3 rings (SSSR count). The van der Waals surface area contributed by atoms with Gasteiger partial charge in [-0.1, -0.05) is 13.8 Å². The second-order valence-electron chi connectivity index (χ2n) is 7.57. The van der Waals surface area contributed by atoms with E-state index in [0.29, 0.717) is 11.3 Å². The van der Waals surface area contributed by atoms with Crippen LogP contribution in [0.1, 0.15) is 43.5 Å². The minimum atomic E-state index is -0.285. The topological polar surface area (TPSA) is 38.8 Å². The third-order valence-electron chi connectivity index (χ3n) is 5.83. The number of amides is 1. The Bertz CT molecular complexity index is 625. The maximum atomic E-state index is 14.8. The summed E-state index contributed by atoms with van der Waals surface area (Å²) in [4.78, 5) is 19.5. The van der Waals surface area contributed by atoms with Crippen molar-refractivity contribution < 1.29 is 9.18 Å². The number of hydrogen-bond donors (Lipinski definition) is 1. The minimum absolute atomic E-state index is 0.0370.